The second-order valence-corrected chi connectivity index (χ2v) is 4.60. The first kappa shape index (κ1) is 10.8. The fraction of sp³-hybridized carbons (Fsp3) is 0.900. The third-order valence-corrected chi connectivity index (χ3v) is 3.32. The molecule has 2 unspecified atom stereocenters. The zero-order chi connectivity index (χ0) is 11.1. The number of hydrogen-bond acceptors (Lipinski definition) is 2. The van der Waals surface area contributed by atoms with Crippen molar-refractivity contribution in [2.75, 3.05) is 19.6 Å². The van der Waals surface area contributed by atoms with Crippen LogP contribution in [0.1, 0.15) is 19.3 Å². The van der Waals surface area contributed by atoms with Crippen molar-refractivity contribution in [1.29, 1.82) is 0 Å². The molecule has 5 heteroatoms. The summed E-state index contributed by atoms with van der Waals surface area (Å²) >= 11 is 0. The molecule has 0 bridgehead atoms. The molecule has 2 fully saturated rings. The standard InChI is InChI=1S/C10H15F2NO2/c11-10(12)1-3-13(4-2-10)6-7-5-8(7)9(14)15/h7-8H,1-6H2,(H,14,15). The van der Waals surface area contributed by atoms with Gasteiger partial charge in [-0.3, -0.25) is 4.79 Å². The molecule has 0 aromatic carbocycles. The normalized spacial score (nSPS) is 35.1. The number of likely N-dealkylation sites (tertiary alicyclic amines) is 1. The van der Waals surface area contributed by atoms with E-state index in [-0.39, 0.29) is 24.7 Å². The van der Waals surface area contributed by atoms with E-state index in [1.807, 2.05) is 4.90 Å². The topological polar surface area (TPSA) is 40.5 Å². The summed E-state index contributed by atoms with van der Waals surface area (Å²) in [6, 6.07) is 0. The lowest BCUT2D eigenvalue weighted by molar-refractivity contribution is -0.139. The predicted molar refractivity (Wildman–Crippen MR) is 49.9 cm³/mol. The van der Waals surface area contributed by atoms with Crippen molar-refractivity contribution in [3.8, 4) is 0 Å². The van der Waals surface area contributed by atoms with Gasteiger partial charge >= 0.3 is 5.97 Å². The van der Waals surface area contributed by atoms with Gasteiger partial charge in [-0.25, -0.2) is 8.78 Å². The fourth-order valence-corrected chi connectivity index (χ4v) is 2.15. The Kier molecular flexibility index (Phi) is 2.66. The molecule has 15 heavy (non-hydrogen) atoms. The molecular weight excluding hydrogens is 204 g/mol. The molecular formula is C10H15F2NO2. The molecule has 0 amide bonds. The van der Waals surface area contributed by atoms with Crippen molar-refractivity contribution >= 4 is 5.97 Å². The summed E-state index contributed by atoms with van der Waals surface area (Å²) < 4.78 is 25.6. The molecule has 3 nitrogen and oxygen atoms in total. The van der Waals surface area contributed by atoms with Crippen molar-refractivity contribution < 1.29 is 18.7 Å². The second kappa shape index (κ2) is 3.70. The predicted octanol–water partition coefficient (Wildman–Crippen LogP) is 1.44. The molecule has 0 spiro atoms. The number of aliphatic carboxylic acids is 1. The van der Waals surface area contributed by atoms with E-state index in [2.05, 4.69) is 0 Å². The first-order chi connectivity index (χ1) is 6.98. The van der Waals surface area contributed by atoms with E-state index in [0.717, 1.165) is 0 Å². The van der Waals surface area contributed by atoms with Crippen molar-refractivity contribution in [3.05, 3.63) is 0 Å². The summed E-state index contributed by atoms with van der Waals surface area (Å²) in [5.74, 6) is -3.30. The highest BCUT2D eigenvalue weighted by Crippen LogP contribution is 2.40. The number of nitrogens with zero attached hydrogens (tertiary/aromatic N) is 1. The van der Waals surface area contributed by atoms with Crippen LogP contribution < -0.4 is 0 Å². The van der Waals surface area contributed by atoms with Crippen LogP contribution in [0.3, 0.4) is 0 Å². The highest BCUT2D eigenvalue weighted by atomic mass is 19.3. The number of alkyl halides is 2. The second-order valence-electron chi connectivity index (χ2n) is 4.60. The minimum absolute atomic E-state index is 0.0859. The van der Waals surface area contributed by atoms with Crippen LogP contribution in [0.4, 0.5) is 8.78 Å². The Hall–Kier alpha value is -0.710. The van der Waals surface area contributed by atoms with E-state index in [0.29, 0.717) is 26.1 Å². The SMILES string of the molecule is O=C(O)C1CC1CN1CCC(F)(F)CC1. The van der Waals surface area contributed by atoms with Crippen molar-refractivity contribution in [2.45, 2.75) is 25.2 Å². The summed E-state index contributed by atoms with van der Waals surface area (Å²) in [5.41, 5.74) is 0. The third-order valence-electron chi connectivity index (χ3n) is 3.32. The van der Waals surface area contributed by atoms with Crippen LogP contribution >= 0.6 is 0 Å². The fourth-order valence-electron chi connectivity index (χ4n) is 2.15. The van der Waals surface area contributed by atoms with Crippen LogP contribution in [-0.4, -0.2) is 41.5 Å². The van der Waals surface area contributed by atoms with Gasteiger partial charge in [-0.2, -0.15) is 0 Å². The highest BCUT2D eigenvalue weighted by molar-refractivity contribution is 5.73. The lowest BCUT2D eigenvalue weighted by Gasteiger charge is -2.31. The molecule has 86 valence electrons. The maximum atomic E-state index is 12.8. The summed E-state index contributed by atoms with van der Waals surface area (Å²) in [6.45, 7) is 1.47. The lowest BCUT2D eigenvalue weighted by Crippen LogP contribution is -2.40. The molecule has 1 saturated carbocycles. The van der Waals surface area contributed by atoms with E-state index in [4.69, 9.17) is 5.11 Å². The van der Waals surface area contributed by atoms with Crippen LogP contribution in [-0.2, 0) is 4.79 Å². The molecule has 1 aliphatic heterocycles. The third kappa shape index (κ3) is 2.65. The highest BCUT2D eigenvalue weighted by Gasteiger charge is 2.45. The number of halogens is 2. The Morgan fingerprint density at radius 1 is 1.40 bits per heavy atom. The number of carboxylic acids is 1. The van der Waals surface area contributed by atoms with Gasteiger partial charge in [-0.15, -0.1) is 0 Å². The molecule has 2 aliphatic rings. The van der Waals surface area contributed by atoms with Crippen molar-refractivity contribution in [3.63, 3.8) is 0 Å². The maximum Gasteiger partial charge on any atom is 0.306 e. The molecule has 1 saturated heterocycles. The van der Waals surface area contributed by atoms with Crippen LogP contribution in [0.5, 0.6) is 0 Å². The number of hydrogen-bond donors (Lipinski definition) is 1. The monoisotopic (exact) mass is 219 g/mol. The van der Waals surface area contributed by atoms with Crippen molar-refractivity contribution in [1.82, 2.24) is 4.90 Å². The zero-order valence-electron chi connectivity index (χ0n) is 8.46. The van der Waals surface area contributed by atoms with Crippen LogP contribution in [0.15, 0.2) is 0 Å². The Morgan fingerprint density at radius 2 is 2.00 bits per heavy atom. The largest absolute Gasteiger partial charge is 0.481 e. The van der Waals surface area contributed by atoms with Gasteiger partial charge in [0.15, 0.2) is 0 Å². The Bertz CT molecular complexity index is 260. The van der Waals surface area contributed by atoms with Gasteiger partial charge in [-0.1, -0.05) is 0 Å². The van der Waals surface area contributed by atoms with E-state index in [1.54, 1.807) is 0 Å². The number of carboxylic acid groups (broad SMARTS) is 1. The quantitative estimate of drug-likeness (QED) is 0.780. The molecule has 0 aromatic rings. The Labute approximate surface area is 87.1 Å². The molecule has 2 rings (SSSR count). The zero-order valence-corrected chi connectivity index (χ0v) is 8.46. The van der Waals surface area contributed by atoms with Gasteiger partial charge < -0.3 is 10.0 Å². The van der Waals surface area contributed by atoms with Crippen molar-refractivity contribution in [2.24, 2.45) is 11.8 Å². The molecule has 1 heterocycles. The van der Waals surface area contributed by atoms with E-state index >= 15 is 0 Å². The Balaban J connectivity index is 1.72. The first-order valence-corrected chi connectivity index (χ1v) is 5.31. The average Bonchev–Trinajstić information content (AvgIpc) is 2.88. The summed E-state index contributed by atoms with van der Waals surface area (Å²) in [6.07, 6.45) is 0.539. The minimum Gasteiger partial charge on any atom is -0.481 e. The van der Waals surface area contributed by atoms with Crippen LogP contribution in [0.2, 0.25) is 0 Å². The van der Waals surface area contributed by atoms with Crippen LogP contribution in [0, 0.1) is 11.8 Å². The van der Waals surface area contributed by atoms with E-state index < -0.39 is 11.9 Å². The van der Waals surface area contributed by atoms with Gasteiger partial charge in [0.05, 0.1) is 5.92 Å². The lowest BCUT2D eigenvalue weighted by atomic mass is 10.1. The summed E-state index contributed by atoms with van der Waals surface area (Å²) in [5, 5.41) is 8.70. The Morgan fingerprint density at radius 3 is 2.47 bits per heavy atom. The maximum absolute atomic E-state index is 12.8. The van der Waals surface area contributed by atoms with E-state index in [9.17, 15) is 13.6 Å². The van der Waals surface area contributed by atoms with Gasteiger partial charge in [-0.05, 0) is 12.3 Å². The number of carbonyl (C=O) groups is 1. The van der Waals surface area contributed by atoms with Gasteiger partial charge in [0.2, 0.25) is 0 Å². The van der Waals surface area contributed by atoms with Gasteiger partial charge in [0.1, 0.15) is 0 Å². The van der Waals surface area contributed by atoms with Gasteiger partial charge in [0, 0.05) is 32.5 Å². The summed E-state index contributed by atoms with van der Waals surface area (Å²) in [7, 11) is 0. The summed E-state index contributed by atoms with van der Waals surface area (Å²) in [4.78, 5) is 12.5. The molecule has 1 N–H and O–H groups in total. The number of rotatable bonds is 3. The van der Waals surface area contributed by atoms with Gasteiger partial charge in [0.25, 0.3) is 5.92 Å². The number of piperidine rings is 1. The smallest absolute Gasteiger partial charge is 0.306 e. The minimum atomic E-state index is -2.51. The average molecular weight is 219 g/mol. The molecule has 0 radical (unpaired) electrons. The molecule has 0 aromatic heterocycles. The molecule has 2 atom stereocenters. The van der Waals surface area contributed by atoms with Crippen LogP contribution in [0.25, 0.3) is 0 Å². The first-order valence-electron chi connectivity index (χ1n) is 5.31. The molecule has 1 aliphatic carbocycles. The van der Waals surface area contributed by atoms with E-state index in [1.165, 1.54) is 0 Å².